The van der Waals surface area contributed by atoms with Crippen molar-refractivity contribution in [2.75, 3.05) is 6.61 Å². The minimum absolute atomic E-state index is 0.0862. The summed E-state index contributed by atoms with van der Waals surface area (Å²) in [5.41, 5.74) is 4.27. The minimum atomic E-state index is -0.199. The second kappa shape index (κ2) is 10.3. The first-order valence-corrected chi connectivity index (χ1v) is 11.1. The minimum Gasteiger partial charge on any atom is -0.466 e. The first-order chi connectivity index (χ1) is 15.7. The van der Waals surface area contributed by atoms with Crippen molar-refractivity contribution in [2.24, 2.45) is 0 Å². The van der Waals surface area contributed by atoms with Crippen LogP contribution in [0.3, 0.4) is 0 Å². The summed E-state index contributed by atoms with van der Waals surface area (Å²) in [4.78, 5) is 15.1. The van der Waals surface area contributed by atoms with E-state index in [-0.39, 0.29) is 24.5 Å². The standard InChI is InChI=1S/C28H29NO3/c1-3-31-28(30)19-26(25-15-14-24-16-17-32-27(24)18-25)29(20-22-10-6-4-7-11-22)21(2)23-12-8-5-9-13-23/h4-18,21,26H,3,19-20H2,1-2H3/t21?,26-/m0/s1. The Labute approximate surface area is 189 Å². The Balaban J connectivity index is 1.77. The molecule has 0 aliphatic heterocycles. The van der Waals surface area contributed by atoms with E-state index in [1.54, 1.807) is 6.26 Å². The SMILES string of the molecule is CCOC(=O)C[C@@H](c1ccc2ccoc2c1)N(Cc1ccccc1)C(C)c1ccccc1. The quantitative estimate of drug-likeness (QED) is 0.279. The molecule has 1 unspecified atom stereocenters. The fourth-order valence-corrected chi connectivity index (χ4v) is 4.22. The molecule has 0 fully saturated rings. The molecule has 4 heteroatoms. The lowest BCUT2D eigenvalue weighted by Crippen LogP contribution is -2.33. The van der Waals surface area contributed by atoms with E-state index in [9.17, 15) is 4.79 Å². The molecule has 0 amide bonds. The van der Waals surface area contributed by atoms with Crippen molar-refractivity contribution in [3.63, 3.8) is 0 Å². The summed E-state index contributed by atoms with van der Waals surface area (Å²) in [6.07, 6.45) is 1.97. The molecule has 1 aromatic heterocycles. The fraction of sp³-hybridized carbons (Fsp3) is 0.250. The third-order valence-electron chi connectivity index (χ3n) is 5.92. The molecule has 0 saturated heterocycles. The number of nitrogens with zero attached hydrogens (tertiary/aromatic N) is 1. The average Bonchev–Trinajstić information content (AvgIpc) is 3.30. The number of fused-ring (bicyclic) bond motifs is 1. The molecular weight excluding hydrogens is 398 g/mol. The second-order valence-electron chi connectivity index (χ2n) is 7.99. The summed E-state index contributed by atoms with van der Waals surface area (Å²) in [5, 5.41) is 1.05. The highest BCUT2D eigenvalue weighted by Gasteiger charge is 2.29. The van der Waals surface area contributed by atoms with Crippen molar-refractivity contribution in [3.8, 4) is 0 Å². The van der Waals surface area contributed by atoms with Gasteiger partial charge in [0, 0.05) is 24.0 Å². The molecule has 0 aliphatic rings. The van der Waals surface area contributed by atoms with E-state index in [0.717, 1.165) is 16.5 Å². The van der Waals surface area contributed by atoms with Crippen LogP contribution < -0.4 is 0 Å². The Morgan fingerprint density at radius 1 is 0.938 bits per heavy atom. The summed E-state index contributed by atoms with van der Waals surface area (Å²) in [6.45, 7) is 5.12. The van der Waals surface area contributed by atoms with E-state index in [1.807, 2.05) is 25.1 Å². The maximum absolute atomic E-state index is 12.7. The zero-order chi connectivity index (χ0) is 22.3. The summed E-state index contributed by atoms with van der Waals surface area (Å²) < 4.78 is 11.0. The summed E-state index contributed by atoms with van der Waals surface area (Å²) in [5.74, 6) is -0.199. The van der Waals surface area contributed by atoms with Gasteiger partial charge < -0.3 is 9.15 Å². The van der Waals surface area contributed by atoms with E-state index >= 15 is 0 Å². The Hall–Kier alpha value is -3.37. The van der Waals surface area contributed by atoms with Crippen LogP contribution in [0.15, 0.2) is 95.6 Å². The normalized spacial score (nSPS) is 13.2. The zero-order valence-corrected chi connectivity index (χ0v) is 18.6. The van der Waals surface area contributed by atoms with Gasteiger partial charge in [-0.3, -0.25) is 9.69 Å². The van der Waals surface area contributed by atoms with E-state index in [4.69, 9.17) is 9.15 Å². The van der Waals surface area contributed by atoms with E-state index < -0.39 is 0 Å². The number of benzene rings is 3. The molecule has 0 saturated carbocycles. The smallest absolute Gasteiger partial charge is 0.307 e. The Kier molecular flexibility index (Phi) is 7.03. The van der Waals surface area contributed by atoms with Crippen LogP contribution in [0.25, 0.3) is 11.0 Å². The molecule has 4 rings (SSSR count). The van der Waals surface area contributed by atoms with Crippen molar-refractivity contribution in [2.45, 2.75) is 38.9 Å². The Bertz CT molecular complexity index is 1140. The van der Waals surface area contributed by atoms with Gasteiger partial charge in [0.05, 0.1) is 19.3 Å². The van der Waals surface area contributed by atoms with Crippen LogP contribution in [-0.2, 0) is 16.1 Å². The number of esters is 1. The third kappa shape index (κ3) is 5.09. The van der Waals surface area contributed by atoms with Crippen molar-refractivity contribution in [3.05, 3.63) is 108 Å². The molecule has 4 nitrogen and oxygen atoms in total. The van der Waals surface area contributed by atoms with Crippen LogP contribution in [0.4, 0.5) is 0 Å². The molecule has 1 heterocycles. The number of carbonyl (C=O) groups is 1. The van der Waals surface area contributed by atoms with E-state index in [1.165, 1.54) is 11.1 Å². The van der Waals surface area contributed by atoms with E-state index in [0.29, 0.717) is 13.2 Å². The van der Waals surface area contributed by atoms with Crippen LogP contribution in [0.5, 0.6) is 0 Å². The van der Waals surface area contributed by atoms with Gasteiger partial charge in [0.25, 0.3) is 0 Å². The molecule has 0 N–H and O–H groups in total. The van der Waals surface area contributed by atoms with Gasteiger partial charge in [-0.15, -0.1) is 0 Å². The highest BCUT2D eigenvalue weighted by atomic mass is 16.5. The number of hydrogen-bond donors (Lipinski definition) is 0. The fourth-order valence-electron chi connectivity index (χ4n) is 4.22. The maximum Gasteiger partial charge on any atom is 0.307 e. The molecule has 0 aliphatic carbocycles. The first kappa shape index (κ1) is 21.8. The van der Waals surface area contributed by atoms with Crippen LogP contribution in [0, 0.1) is 0 Å². The molecule has 2 atom stereocenters. The maximum atomic E-state index is 12.7. The summed E-state index contributed by atoms with van der Waals surface area (Å²) in [6, 6.07) is 28.9. The predicted molar refractivity (Wildman–Crippen MR) is 127 cm³/mol. The van der Waals surface area contributed by atoms with Crippen LogP contribution in [-0.4, -0.2) is 17.5 Å². The van der Waals surface area contributed by atoms with Gasteiger partial charge in [0.2, 0.25) is 0 Å². The van der Waals surface area contributed by atoms with Gasteiger partial charge >= 0.3 is 5.97 Å². The highest BCUT2D eigenvalue weighted by molar-refractivity contribution is 5.78. The average molecular weight is 428 g/mol. The molecule has 164 valence electrons. The van der Waals surface area contributed by atoms with Crippen molar-refractivity contribution in [1.82, 2.24) is 4.90 Å². The van der Waals surface area contributed by atoms with Crippen molar-refractivity contribution < 1.29 is 13.9 Å². The lowest BCUT2D eigenvalue weighted by molar-refractivity contribution is -0.145. The third-order valence-corrected chi connectivity index (χ3v) is 5.92. The van der Waals surface area contributed by atoms with Gasteiger partial charge in [0.1, 0.15) is 5.58 Å². The predicted octanol–water partition coefficient (Wildman–Crippen LogP) is 6.69. The second-order valence-corrected chi connectivity index (χ2v) is 7.99. The first-order valence-electron chi connectivity index (χ1n) is 11.1. The van der Waals surface area contributed by atoms with Crippen LogP contribution in [0.1, 0.15) is 49.0 Å². The number of carbonyl (C=O) groups excluding carboxylic acids is 1. The molecule has 4 aromatic rings. The van der Waals surface area contributed by atoms with Gasteiger partial charge in [-0.2, -0.15) is 0 Å². The van der Waals surface area contributed by atoms with Crippen LogP contribution in [0.2, 0.25) is 0 Å². The highest BCUT2D eigenvalue weighted by Crippen LogP contribution is 2.36. The molecule has 0 spiro atoms. The van der Waals surface area contributed by atoms with E-state index in [2.05, 4.69) is 78.6 Å². The van der Waals surface area contributed by atoms with Crippen molar-refractivity contribution >= 4 is 16.9 Å². The lowest BCUT2D eigenvalue weighted by atomic mass is 9.96. The monoisotopic (exact) mass is 427 g/mol. The largest absolute Gasteiger partial charge is 0.466 e. The van der Waals surface area contributed by atoms with Gasteiger partial charge in [-0.1, -0.05) is 72.8 Å². The number of ether oxygens (including phenoxy) is 1. The van der Waals surface area contributed by atoms with Gasteiger partial charge in [-0.05, 0) is 42.7 Å². The number of furan rings is 1. The lowest BCUT2D eigenvalue weighted by Gasteiger charge is -2.37. The van der Waals surface area contributed by atoms with Crippen molar-refractivity contribution in [1.29, 1.82) is 0 Å². The molecule has 3 aromatic carbocycles. The van der Waals surface area contributed by atoms with Gasteiger partial charge in [-0.25, -0.2) is 0 Å². The number of rotatable bonds is 9. The Morgan fingerprint density at radius 2 is 1.66 bits per heavy atom. The topological polar surface area (TPSA) is 42.7 Å². The summed E-state index contributed by atoms with van der Waals surface area (Å²) in [7, 11) is 0. The van der Waals surface area contributed by atoms with Crippen LogP contribution >= 0.6 is 0 Å². The zero-order valence-electron chi connectivity index (χ0n) is 18.6. The molecule has 0 bridgehead atoms. The molecule has 0 radical (unpaired) electrons. The molecular formula is C28H29NO3. The van der Waals surface area contributed by atoms with Gasteiger partial charge in [0.15, 0.2) is 0 Å². The number of hydrogen-bond acceptors (Lipinski definition) is 4. The summed E-state index contributed by atoms with van der Waals surface area (Å²) >= 11 is 0. The Morgan fingerprint density at radius 3 is 2.38 bits per heavy atom. The molecule has 32 heavy (non-hydrogen) atoms.